The van der Waals surface area contributed by atoms with Crippen LogP contribution in [0.2, 0.25) is 5.02 Å². The van der Waals surface area contributed by atoms with E-state index in [0.29, 0.717) is 12.0 Å². The van der Waals surface area contributed by atoms with Crippen LogP contribution in [0.5, 0.6) is 0 Å². The van der Waals surface area contributed by atoms with Crippen LogP contribution in [0.3, 0.4) is 0 Å². The van der Waals surface area contributed by atoms with Crippen molar-refractivity contribution in [2.45, 2.75) is 39.3 Å². The maximum absolute atomic E-state index is 6.35. The van der Waals surface area contributed by atoms with Crippen molar-refractivity contribution >= 4 is 17.3 Å². The van der Waals surface area contributed by atoms with Crippen molar-refractivity contribution in [3.05, 3.63) is 28.8 Å². The quantitative estimate of drug-likeness (QED) is 0.845. The summed E-state index contributed by atoms with van der Waals surface area (Å²) in [5.74, 6) is 0.651. The van der Waals surface area contributed by atoms with Crippen LogP contribution in [0.25, 0.3) is 0 Å². The SMILES string of the molecule is CC(C)CN(C)c1cccc(Cl)c1CNC1CC1. The van der Waals surface area contributed by atoms with Crippen molar-refractivity contribution in [2.75, 3.05) is 18.5 Å². The van der Waals surface area contributed by atoms with Gasteiger partial charge in [0.1, 0.15) is 0 Å². The molecule has 0 aliphatic heterocycles. The van der Waals surface area contributed by atoms with E-state index in [4.69, 9.17) is 11.6 Å². The molecule has 0 heterocycles. The van der Waals surface area contributed by atoms with E-state index in [-0.39, 0.29) is 0 Å². The van der Waals surface area contributed by atoms with Crippen molar-refractivity contribution in [1.29, 1.82) is 0 Å². The minimum Gasteiger partial charge on any atom is -0.374 e. The van der Waals surface area contributed by atoms with Crippen molar-refractivity contribution < 1.29 is 0 Å². The Morgan fingerprint density at radius 1 is 1.39 bits per heavy atom. The molecule has 0 bridgehead atoms. The van der Waals surface area contributed by atoms with Crippen LogP contribution in [0, 0.1) is 5.92 Å². The van der Waals surface area contributed by atoms with Gasteiger partial charge in [0.15, 0.2) is 0 Å². The van der Waals surface area contributed by atoms with Crippen LogP contribution in [-0.4, -0.2) is 19.6 Å². The van der Waals surface area contributed by atoms with Gasteiger partial charge in [0, 0.05) is 42.5 Å². The Morgan fingerprint density at radius 2 is 2.11 bits per heavy atom. The normalized spacial score (nSPS) is 15.2. The molecular weight excluding hydrogens is 244 g/mol. The predicted octanol–water partition coefficient (Wildman–Crippen LogP) is 3.68. The topological polar surface area (TPSA) is 15.3 Å². The van der Waals surface area contributed by atoms with Gasteiger partial charge in [-0.05, 0) is 30.9 Å². The van der Waals surface area contributed by atoms with Crippen LogP contribution in [0.4, 0.5) is 5.69 Å². The highest BCUT2D eigenvalue weighted by molar-refractivity contribution is 6.31. The Bertz CT molecular complexity index is 399. The Morgan fingerprint density at radius 3 is 2.72 bits per heavy atom. The second-order valence-electron chi connectivity index (χ2n) is 5.67. The van der Waals surface area contributed by atoms with Crippen LogP contribution in [-0.2, 0) is 6.54 Å². The minimum absolute atomic E-state index is 0.651. The predicted molar refractivity (Wildman–Crippen MR) is 79.4 cm³/mol. The number of halogens is 1. The van der Waals surface area contributed by atoms with E-state index in [2.05, 4.69) is 37.2 Å². The lowest BCUT2D eigenvalue weighted by atomic mass is 10.1. The van der Waals surface area contributed by atoms with Gasteiger partial charge in [0.2, 0.25) is 0 Å². The van der Waals surface area contributed by atoms with E-state index < -0.39 is 0 Å². The van der Waals surface area contributed by atoms with Gasteiger partial charge < -0.3 is 10.2 Å². The highest BCUT2D eigenvalue weighted by Gasteiger charge is 2.21. The average Bonchev–Trinajstić information content (AvgIpc) is 3.10. The maximum Gasteiger partial charge on any atom is 0.0471 e. The van der Waals surface area contributed by atoms with Crippen LogP contribution >= 0.6 is 11.6 Å². The van der Waals surface area contributed by atoms with Crippen LogP contribution in [0.1, 0.15) is 32.3 Å². The van der Waals surface area contributed by atoms with E-state index >= 15 is 0 Å². The summed E-state index contributed by atoms with van der Waals surface area (Å²) >= 11 is 6.35. The number of nitrogens with one attached hydrogen (secondary N) is 1. The molecule has 0 radical (unpaired) electrons. The third-order valence-corrected chi connectivity index (χ3v) is 3.64. The molecule has 0 amide bonds. The number of benzene rings is 1. The fourth-order valence-corrected chi connectivity index (χ4v) is 2.50. The molecule has 0 aromatic heterocycles. The fraction of sp³-hybridized carbons (Fsp3) is 0.600. The molecule has 0 saturated heterocycles. The fourth-order valence-electron chi connectivity index (χ4n) is 2.26. The zero-order chi connectivity index (χ0) is 13.1. The summed E-state index contributed by atoms with van der Waals surface area (Å²) in [5.41, 5.74) is 2.48. The van der Waals surface area contributed by atoms with Gasteiger partial charge in [0.05, 0.1) is 0 Å². The van der Waals surface area contributed by atoms with E-state index in [0.717, 1.165) is 18.1 Å². The molecule has 0 unspecified atom stereocenters. The monoisotopic (exact) mass is 266 g/mol. The Balaban J connectivity index is 2.13. The molecule has 18 heavy (non-hydrogen) atoms. The standard InChI is InChI=1S/C15H23ClN2/c1-11(2)10-18(3)15-6-4-5-14(16)13(15)9-17-12-7-8-12/h4-6,11-12,17H,7-10H2,1-3H3. The molecule has 100 valence electrons. The van der Waals surface area contributed by atoms with E-state index in [9.17, 15) is 0 Å². The second-order valence-corrected chi connectivity index (χ2v) is 6.07. The smallest absolute Gasteiger partial charge is 0.0471 e. The van der Waals surface area contributed by atoms with Gasteiger partial charge in [-0.25, -0.2) is 0 Å². The lowest BCUT2D eigenvalue weighted by Crippen LogP contribution is -2.25. The lowest BCUT2D eigenvalue weighted by molar-refractivity contribution is 0.632. The summed E-state index contributed by atoms with van der Waals surface area (Å²) in [6.45, 7) is 6.41. The molecule has 1 aliphatic rings. The van der Waals surface area contributed by atoms with Gasteiger partial charge in [-0.3, -0.25) is 0 Å². The van der Waals surface area contributed by atoms with Crippen LogP contribution < -0.4 is 10.2 Å². The van der Waals surface area contributed by atoms with E-state index in [1.54, 1.807) is 0 Å². The second kappa shape index (κ2) is 5.94. The molecule has 1 aliphatic carbocycles. The Hall–Kier alpha value is -0.730. The minimum atomic E-state index is 0.651. The molecule has 1 N–H and O–H groups in total. The molecule has 1 aromatic carbocycles. The Kier molecular flexibility index (Phi) is 4.52. The molecule has 3 heteroatoms. The van der Waals surface area contributed by atoms with Gasteiger partial charge >= 0.3 is 0 Å². The van der Waals surface area contributed by atoms with Crippen molar-refractivity contribution in [2.24, 2.45) is 5.92 Å². The molecule has 1 aromatic rings. The van der Waals surface area contributed by atoms with Crippen molar-refractivity contribution in [3.8, 4) is 0 Å². The average molecular weight is 267 g/mol. The summed E-state index contributed by atoms with van der Waals surface area (Å²) < 4.78 is 0. The first-order valence-electron chi connectivity index (χ1n) is 6.80. The zero-order valence-electron chi connectivity index (χ0n) is 11.5. The highest BCUT2D eigenvalue weighted by Crippen LogP contribution is 2.29. The maximum atomic E-state index is 6.35. The third kappa shape index (κ3) is 3.63. The zero-order valence-corrected chi connectivity index (χ0v) is 12.3. The summed E-state index contributed by atoms with van der Waals surface area (Å²) in [4.78, 5) is 2.31. The first-order chi connectivity index (χ1) is 8.58. The summed E-state index contributed by atoms with van der Waals surface area (Å²) in [6, 6.07) is 6.90. The van der Waals surface area contributed by atoms with E-state index in [1.807, 2.05) is 12.1 Å². The molecule has 0 atom stereocenters. The highest BCUT2D eigenvalue weighted by atomic mass is 35.5. The van der Waals surface area contributed by atoms with Crippen LogP contribution in [0.15, 0.2) is 18.2 Å². The number of rotatable bonds is 6. The number of nitrogens with zero attached hydrogens (tertiary/aromatic N) is 1. The third-order valence-electron chi connectivity index (χ3n) is 3.29. The summed E-state index contributed by atoms with van der Waals surface area (Å²) in [7, 11) is 2.15. The number of anilines is 1. The number of hydrogen-bond acceptors (Lipinski definition) is 2. The molecule has 2 rings (SSSR count). The number of hydrogen-bond donors (Lipinski definition) is 1. The molecule has 1 saturated carbocycles. The summed E-state index contributed by atoms with van der Waals surface area (Å²) in [5, 5.41) is 4.42. The van der Waals surface area contributed by atoms with Crippen molar-refractivity contribution in [1.82, 2.24) is 5.32 Å². The molecule has 0 spiro atoms. The van der Waals surface area contributed by atoms with Crippen molar-refractivity contribution in [3.63, 3.8) is 0 Å². The Labute approximate surface area is 115 Å². The lowest BCUT2D eigenvalue weighted by Gasteiger charge is -2.25. The summed E-state index contributed by atoms with van der Waals surface area (Å²) in [6.07, 6.45) is 2.61. The first kappa shape index (κ1) is 13.7. The molecule has 2 nitrogen and oxygen atoms in total. The molecule has 1 fully saturated rings. The van der Waals surface area contributed by atoms with Gasteiger partial charge in [-0.15, -0.1) is 0 Å². The van der Waals surface area contributed by atoms with E-state index in [1.165, 1.54) is 24.1 Å². The van der Waals surface area contributed by atoms with Gasteiger partial charge in [-0.2, -0.15) is 0 Å². The van der Waals surface area contributed by atoms with Gasteiger partial charge in [0.25, 0.3) is 0 Å². The largest absolute Gasteiger partial charge is 0.374 e. The van der Waals surface area contributed by atoms with Gasteiger partial charge in [-0.1, -0.05) is 31.5 Å². The molecular formula is C15H23ClN2. The first-order valence-corrected chi connectivity index (χ1v) is 7.17.